The number of nitrogens with zero attached hydrogens (tertiary/aromatic N) is 3. The molecule has 0 bridgehead atoms. The largest absolute Gasteiger partial charge is 0.309 e. The van der Waals surface area contributed by atoms with Crippen molar-refractivity contribution in [1.29, 1.82) is 5.26 Å². The van der Waals surface area contributed by atoms with Crippen LogP contribution in [0, 0.1) is 11.5 Å². The Balaban J connectivity index is 2.73. The summed E-state index contributed by atoms with van der Waals surface area (Å²) >= 11 is 1.74. The van der Waals surface area contributed by atoms with E-state index < -0.39 is 15.3 Å². The van der Waals surface area contributed by atoms with Gasteiger partial charge in [-0.3, -0.25) is 0 Å². The van der Waals surface area contributed by atoms with Crippen LogP contribution < -0.4 is 0 Å². The molecule has 0 aromatic rings. The predicted octanol–water partition coefficient (Wildman–Crippen LogP) is 0.153. The minimum Gasteiger partial charge on any atom is -0.309 e. The Morgan fingerprint density at radius 1 is 1.69 bits per heavy atom. The average Bonchev–Trinajstić information content (AvgIpc) is 2.51. The highest BCUT2D eigenvalue weighted by molar-refractivity contribution is 14.1. The van der Waals surface area contributed by atoms with Crippen molar-refractivity contribution in [1.82, 2.24) is 7.42 Å². The second-order valence-corrected chi connectivity index (χ2v) is 7.24. The van der Waals surface area contributed by atoms with Gasteiger partial charge in [-0.05, 0) is 6.42 Å². The van der Waals surface area contributed by atoms with Gasteiger partial charge in [0.1, 0.15) is 0 Å². The van der Waals surface area contributed by atoms with Crippen molar-refractivity contribution in [3.63, 3.8) is 0 Å². The van der Waals surface area contributed by atoms with Gasteiger partial charge < -0.3 is 4.90 Å². The van der Waals surface area contributed by atoms with E-state index in [0.717, 1.165) is 0 Å². The monoisotopic (exact) mass is 315 g/mol. The van der Waals surface area contributed by atoms with E-state index in [2.05, 4.69) is 0 Å². The van der Waals surface area contributed by atoms with E-state index in [1.807, 2.05) is 6.19 Å². The molecule has 1 unspecified atom stereocenters. The van der Waals surface area contributed by atoms with Crippen molar-refractivity contribution >= 4 is 32.9 Å². The molecule has 0 aliphatic carbocycles. The molecule has 13 heavy (non-hydrogen) atoms. The molecule has 1 fully saturated rings. The Kier molecular flexibility index (Phi) is 3.37. The van der Waals surface area contributed by atoms with Gasteiger partial charge in [0.05, 0.1) is 5.25 Å². The lowest BCUT2D eigenvalue weighted by atomic mass is 10.4. The number of nitriles is 1. The first kappa shape index (κ1) is 11.0. The fourth-order valence-electron chi connectivity index (χ4n) is 1.27. The van der Waals surface area contributed by atoms with Gasteiger partial charge in [0.2, 0.25) is 10.0 Å². The Hall–Kier alpha value is -0.0700. The summed E-state index contributed by atoms with van der Waals surface area (Å²) in [6, 6.07) is 0. The predicted molar refractivity (Wildman–Crippen MR) is 56.3 cm³/mol. The molecule has 1 atom stereocenters. The molecule has 5 nitrogen and oxygen atoms in total. The van der Waals surface area contributed by atoms with Gasteiger partial charge in [-0.2, -0.15) is 5.26 Å². The number of rotatable bonds is 2. The molecule has 0 aromatic heterocycles. The molecule has 1 saturated heterocycles. The fraction of sp³-hybridized carbons (Fsp3) is 0.833. The van der Waals surface area contributed by atoms with Crippen LogP contribution in [0.3, 0.4) is 0 Å². The van der Waals surface area contributed by atoms with E-state index in [4.69, 9.17) is 5.26 Å². The van der Waals surface area contributed by atoms with E-state index in [1.54, 1.807) is 22.9 Å². The van der Waals surface area contributed by atoms with Gasteiger partial charge in [0.15, 0.2) is 6.19 Å². The lowest BCUT2D eigenvalue weighted by Crippen LogP contribution is -2.31. The zero-order valence-corrected chi connectivity index (χ0v) is 10.1. The maximum Gasteiger partial charge on any atom is 0.227 e. The van der Waals surface area contributed by atoms with Crippen molar-refractivity contribution < 1.29 is 8.42 Å². The van der Waals surface area contributed by atoms with Gasteiger partial charge in [0, 0.05) is 43.0 Å². The maximum atomic E-state index is 11.6. The van der Waals surface area contributed by atoms with Crippen LogP contribution in [0.25, 0.3) is 0 Å². The number of likely N-dealkylation sites (tertiary alicyclic amines) is 1. The Labute approximate surface area is 91.8 Å². The van der Waals surface area contributed by atoms with E-state index in [0.29, 0.717) is 19.5 Å². The fourth-order valence-corrected chi connectivity index (χ4v) is 3.41. The molecule has 74 valence electrons. The first-order chi connectivity index (χ1) is 5.98. The second-order valence-electron chi connectivity index (χ2n) is 2.89. The van der Waals surface area contributed by atoms with Crippen LogP contribution in [0.4, 0.5) is 0 Å². The van der Waals surface area contributed by atoms with Crippen molar-refractivity contribution in [2.75, 3.05) is 20.1 Å². The molecule has 1 heterocycles. The molecule has 0 radical (unpaired) electrons. The summed E-state index contributed by atoms with van der Waals surface area (Å²) in [5.41, 5.74) is 0. The van der Waals surface area contributed by atoms with E-state index in [9.17, 15) is 8.42 Å². The molecular weight excluding hydrogens is 305 g/mol. The molecule has 0 N–H and O–H groups in total. The minimum absolute atomic E-state index is 0.326. The lowest BCUT2D eigenvalue weighted by molar-refractivity contribution is 0.483. The van der Waals surface area contributed by atoms with Crippen LogP contribution in [0.1, 0.15) is 6.42 Å². The summed E-state index contributed by atoms with van der Waals surface area (Å²) < 4.78 is 24.3. The molecule has 0 amide bonds. The van der Waals surface area contributed by atoms with Crippen LogP contribution in [0.2, 0.25) is 0 Å². The molecule has 1 rings (SSSR count). The van der Waals surface area contributed by atoms with Crippen LogP contribution >= 0.6 is 22.9 Å². The highest BCUT2D eigenvalue weighted by Crippen LogP contribution is 2.20. The summed E-state index contributed by atoms with van der Waals surface area (Å²) in [4.78, 5) is 1.47. The molecule has 0 saturated carbocycles. The molecule has 7 heteroatoms. The summed E-state index contributed by atoms with van der Waals surface area (Å²) in [5, 5.41) is 8.13. The third-order valence-corrected chi connectivity index (χ3v) is 5.63. The van der Waals surface area contributed by atoms with Crippen molar-refractivity contribution in [2.45, 2.75) is 11.7 Å². The van der Waals surface area contributed by atoms with Crippen molar-refractivity contribution in [3.8, 4) is 6.19 Å². The molecular formula is C6H10IN3O2S. The Morgan fingerprint density at radius 3 is 2.69 bits per heavy atom. The summed E-state index contributed by atoms with van der Waals surface area (Å²) in [5.74, 6) is 0. The number of hydrogen-bond donors (Lipinski definition) is 0. The normalized spacial score (nSPS) is 23.5. The smallest absolute Gasteiger partial charge is 0.227 e. The van der Waals surface area contributed by atoms with Gasteiger partial charge in [-0.25, -0.2) is 8.42 Å². The lowest BCUT2D eigenvalue weighted by Gasteiger charge is -2.14. The van der Waals surface area contributed by atoms with E-state index in [1.165, 1.54) is 14.5 Å². The Bertz CT molecular complexity index is 321. The van der Waals surface area contributed by atoms with Gasteiger partial charge in [0.25, 0.3) is 0 Å². The average molecular weight is 315 g/mol. The van der Waals surface area contributed by atoms with Crippen molar-refractivity contribution in [2.24, 2.45) is 0 Å². The number of hydrogen-bond acceptors (Lipinski definition) is 4. The molecule has 0 spiro atoms. The molecule has 1 aliphatic heterocycles. The van der Waals surface area contributed by atoms with Crippen LogP contribution in [-0.2, 0) is 10.0 Å². The molecule has 1 aliphatic rings. The molecule has 0 aromatic carbocycles. The van der Waals surface area contributed by atoms with Gasteiger partial charge in [-0.1, -0.05) is 0 Å². The van der Waals surface area contributed by atoms with Crippen molar-refractivity contribution in [3.05, 3.63) is 0 Å². The maximum absolute atomic E-state index is 11.6. The second kappa shape index (κ2) is 3.98. The summed E-state index contributed by atoms with van der Waals surface area (Å²) in [6.45, 7) is 0.872. The number of halogens is 1. The number of sulfonamides is 1. The third-order valence-electron chi connectivity index (χ3n) is 2.06. The standard InChI is InChI=1S/C6H10IN3O2S/c1-9(7)13(11,12)6-2-3-10(4-6)5-8/h6H,2-4H2,1H3. The summed E-state index contributed by atoms with van der Waals surface area (Å²) in [6.07, 6.45) is 2.50. The third kappa shape index (κ3) is 2.24. The topological polar surface area (TPSA) is 64.4 Å². The minimum atomic E-state index is -3.19. The van der Waals surface area contributed by atoms with Gasteiger partial charge in [-0.15, -0.1) is 2.52 Å². The first-order valence-electron chi connectivity index (χ1n) is 3.76. The highest BCUT2D eigenvalue weighted by atomic mass is 127. The van der Waals surface area contributed by atoms with Gasteiger partial charge >= 0.3 is 0 Å². The highest BCUT2D eigenvalue weighted by Gasteiger charge is 2.34. The van der Waals surface area contributed by atoms with Crippen LogP contribution in [0.15, 0.2) is 0 Å². The van der Waals surface area contributed by atoms with E-state index in [-0.39, 0.29) is 0 Å². The van der Waals surface area contributed by atoms with Crippen LogP contribution in [-0.4, -0.2) is 41.2 Å². The SMILES string of the molecule is CN(I)S(=O)(=O)C1CCN(C#N)C1. The quantitative estimate of drug-likeness (QED) is 0.413. The van der Waals surface area contributed by atoms with E-state index >= 15 is 0 Å². The first-order valence-corrected chi connectivity index (χ1v) is 6.23. The van der Waals surface area contributed by atoms with Crippen LogP contribution in [0.5, 0.6) is 0 Å². The summed E-state index contributed by atoms with van der Waals surface area (Å²) in [7, 11) is -1.69. The zero-order chi connectivity index (χ0) is 10.1. The zero-order valence-electron chi connectivity index (χ0n) is 7.14. The Morgan fingerprint density at radius 2 is 2.31 bits per heavy atom.